The van der Waals surface area contributed by atoms with Crippen LogP contribution in [0.3, 0.4) is 0 Å². The van der Waals surface area contributed by atoms with Gasteiger partial charge in [0.05, 0.1) is 5.54 Å². The average Bonchev–Trinajstić information content (AvgIpc) is 2.24. The second-order valence-electron chi connectivity index (χ2n) is 4.29. The number of hydrogen-bond acceptors (Lipinski definition) is 1. The van der Waals surface area contributed by atoms with Gasteiger partial charge < -0.3 is 5.73 Å². The Hall–Kier alpha value is -1.31. The molecule has 2 heteroatoms. The van der Waals surface area contributed by atoms with Crippen LogP contribution in [0.1, 0.15) is 38.2 Å². The van der Waals surface area contributed by atoms with Crippen LogP contribution in [0.2, 0.25) is 0 Å². The largest absolute Gasteiger partial charge is 0.383 e. The minimum Gasteiger partial charge on any atom is -0.383 e. The molecular weight excluding hydrogens is 184 g/mol. The standard InChI is InChI=1S/C13H18N2/c1-2-13(9-6-10-13)15-12(14)11-7-4-3-5-8-11/h3-5,7-8H,2,6,9-10H2,1H3,(H2,14,15). The molecule has 0 amide bonds. The fraction of sp³-hybridized carbons (Fsp3) is 0.462. The van der Waals surface area contributed by atoms with Crippen LogP contribution >= 0.6 is 0 Å². The summed E-state index contributed by atoms with van der Waals surface area (Å²) in [6.45, 7) is 2.20. The van der Waals surface area contributed by atoms with Gasteiger partial charge in [-0.3, -0.25) is 4.99 Å². The summed E-state index contributed by atoms with van der Waals surface area (Å²) in [5, 5.41) is 0. The lowest BCUT2D eigenvalue weighted by Gasteiger charge is -2.37. The predicted molar refractivity (Wildman–Crippen MR) is 64.0 cm³/mol. The summed E-state index contributed by atoms with van der Waals surface area (Å²) in [6.07, 6.45) is 4.77. The Bertz CT molecular complexity index is 345. The second kappa shape index (κ2) is 4.05. The number of benzene rings is 1. The highest BCUT2D eigenvalue weighted by atomic mass is 15.0. The SMILES string of the molecule is CCC1(N=C(N)c2ccccc2)CCC1. The number of rotatable bonds is 3. The zero-order valence-corrected chi connectivity index (χ0v) is 9.24. The van der Waals surface area contributed by atoms with Gasteiger partial charge in [-0.05, 0) is 25.7 Å². The monoisotopic (exact) mass is 202 g/mol. The molecule has 1 fully saturated rings. The first-order valence-electron chi connectivity index (χ1n) is 5.66. The lowest BCUT2D eigenvalue weighted by atomic mass is 9.75. The summed E-state index contributed by atoms with van der Waals surface area (Å²) in [5.74, 6) is 0.692. The van der Waals surface area contributed by atoms with Crippen molar-refractivity contribution in [3.8, 4) is 0 Å². The molecule has 0 spiro atoms. The Morgan fingerprint density at radius 1 is 1.33 bits per heavy atom. The van der Waals surface area contributed by atoms with E-state index in [0.717, 1.165) is 12.0 Å². The molecule has 2 nitrogen and oxygen atoms in total. The number of nitrogens with two attached hydrogens (primary N) is 1. The van der Waals surface area contributed by atoms with Crippen LogP contribution in [-0.4, -0.2) is 11.4 Å². The minimum atomic E-state index is 0.153. The third kappa shape index (κ3) is 2.04. The van der Waals surface area contributed by atoms with Gasteiger partial charge in [-0.15, -0.1) is 0 Å². The van der Waals surface area contributed by atoms with Crippen LogP contribution < -0.4 is 5.73 Å². The van der Waals surface area contributed by atoms with Crippen LogP contribution in [0.25, 0.3) is 0 Å². The fourth-order valence-corrected chi connectivity index (χ4v) is 2.06. The van der Waals surface area contributed by atoms with Gasteiger partial charge in [0.15, 0.2) is 0 Å². The summed E-state index contributed by atoms with van der Waals surface area (Å²) in [4.78, 5) is 4.70. The Balaban J connectivity index is 2.20. The van der Waals surface area contributed by atoms with Crippen LogP contribution in [0.15, 0.2) is 35.3 Å². The third-order valence-electron chi connectivity index (χ3n) is 3.37. The molecule has 1 aliphatic carbocycles. The van der Waals surface area contributed by atoms with Crippen LogP contribution in [0.5, 0.6) is 0 Å². The lowest BCUT2D eigenvalue weighted by molar-refractivity contribution is 0.244. The normalized spacial score (nSPS) is 19.7. The van der Waals surface area contributed by atoms with Gasteiger partial charge in [-0.2, -0.15) is 0 Å². The Kier molecular flexibility index (Phi) is 2.76. The van der Waals surface area contributed by atoms with Crippen molar-refractivity contribution in [1.82, 2.24) is 0 Å². The van der Waals surface area contributed by atoms with Crippen molar-refractivity contribution in [2.24, 2.45) is 10.7 Å². The molecule has 1 saturated carbocycles. The van der Waals surface area contributed by atoms with E-state index in [4.69, 9.17) is 10.7 Å². The van der Waals surface area contributed by atoms with E-state index in [2.05, 4.69) is 6.92 Å². The van der Waals surface area contributed by atoms with Gasteiger partial charge in [0.25, 0.3) is 0 Å². The highest BCUT2D eigenvalue weighted by molar-refractivity contribution is 5.97. The van der Waals surface area contributed by atoms with E-state index >= 15 is 0 Å². The maximum Gasteiger partial charge on any atom is 0.126 e. The molecule has 0 saturated heterocycles. The topological polar surface area (TPSA) is 38.4 Å². The van der Waals surface area contributed by atoms with E-state index in [9.17, 15) is 0 Å². The molecule has 0 aromatic heterocycles. The third-order valence-corrected chi connectivity index (χ3v) is 3.37. The first-order chi connectivity index (χ1) is 7.26. The number of amidine groups is 1. The summed E-state index contributed by atoms with van der Waals surface area (Å²) in [6, 6.07) is 10.0. The molecule has 1 aliphatic rings. The second-order valence-corrected chi connectivity index (χ2v) is 4.29. The molecule has 0 aliphatic heterocycles. The van der Waals surface area contributed by atoms with Crippen molar-refractivity contribution in [1.29, 1.82) is 0 Å². The van der Waals surface area contributed by atoms with E-state index < -0.39 is 0 Å². The Labute approximate surface area is 91.2 Å². The summed E-state index contributed by atoms with van der Waals surface area (Å²) < 4.78 is 0. The van der Waals surface area contributed by atoms with Crippen molar-refractivity contribution in [2.45, 2.75) is 38.1 Å². The highest BCUT2D eigenvalue weighted by Gasteiger charge is 2.34. The predicted octanol–water partition coefficient (Wildman–Crippen LogP) is 2.72. The Morgan fingerprint density at radius 2 is 2.00 bits per heavy atom. The van der Waals surface area contributed by atoms with Gasteiger partial charge >= 0.3 is 0 Å². The van der Waals surface area contributed by atoms with Crippen LogP contribution in [-0.2, 0) is 0 Å². The fourth-order valence-electron chi connectivity index (χ4n) is 2.06. The molecule has 15 heavy (non-hydrogen) atoms. The summed E-state index contributed by atoms with van der Waals surface area (Å²) in [5.41, 5.74) is 7.21. The van der Waals surface area contributed by atoms with Crippen molar-refractivity contribution in [2.75, 3.05) is 0 Å². The van der Waals surface area contributed by atoms with E-state index in [1.54, 1.807) is 0 Å². The van der Waals surface area contributed by atoms with Gasteiger partial charge in [0, 0.05) is 5.56 Å². The molecule has 80 valence electrons. The molecule has 1 aromatic rings. The van der Waals surface area contributed by atoms with Gasteiger partial charge in [0.2, 0.25) is 0 Å². The van der Waals surface area contributed by atoms with Crippen molar-refractivity contribution >= 4 is 5.84 Å². The molecule has 0 heterocycles. The highest BCUT2D eigenvalue weighted by Crippen LogP contribution is 2.38. The van der Waals surface area contributed by atoms with Crippen LogP contribution in [0.4, 0.5) is 0 Å². The van der Waals surface area contributed by atoms with Gasteiger partial charge in [-0.25, -0.2) is 0 Å². The van der Waals surface area contributed by atoms with Gasteiger partial charge in [0.1, 0.15) is 5.84 Å². The maximum absolute atomic E-state index is 6.02. The molecule has 0 unspecified atom stereocenters. The first-order valence-corrected chi connectivity index (χ1v) is 5.66. The number of nitrogens with zero attached hydrogens (tertiary/aromatic N) is 1. The van der Waals surface area contributed by atoms with E-state index in [1.165, 1.54) is 19.3 Å². The van der Waals surface area contributed by atoms with Crippen molar-refractivity contribution < 1.29 is 0 Å². The first kappa shape index (κ1) is 10.2. The van der Waals surface area contributed by atoms with E-state index in [-0.39, 0.29) is 5.54 Å². The quantitative estimate of drug-likeness (QED) is 0.594. The molecule has 2 rings (SSSR count). The van der Waals surface area contributed by atoms with Crippen LogP contribution in [0, 0.1) is 0 Å². The number of hydrogen-bond donors (Lipinski definition) is 1. The number of aliphatic imine (C=N–C) groups is 1. The summed E-state index contributed by atoms with van der Waals surface area (Å²) >= 11 is 0. The van der Waals surface area contributed by atoms with E-state index in [0.29, 0.717) is 5.84 Å². The van der Waals surface area contributed by atoms with Gasteiger partial charge in [-0.1, -0.05) is 37.3 Å². The maximum atomic E-state index is 6.02. The van der Waals surface area contributed by atoms with E-state index in [1.807, 2.05) is 30.3 Å². The molecule has 0 bridgehead atoms. The molecule has 1 aromatic carbocycles. The average molecular weight is 202 g/mol. The molecule has 0 radical (unpaired) electrons. The Morgan fingerprint density at radius 3 is 2.47 bits per heavy atom. The molecule has 2 N–H and O–H groups in total. The summed E-state index contributed by atoms with van der Waals surface area (Å²) in [7, 11) is 0. The zero-order valence-electron chi connectivity index (χ0n) is 9.24. The van der Waals surface area contributed by atoms with Crippen molar-refractivity contribution in [3.63, 3.8) is 0 Å². The zero-order chi connectivity index (χ0) is 10.7. The minimum absolute atomic E-state index is 0.153. The smallest absolute Gasteiger partial charge is 0.126 e. The van der Waals surface area contributed by atoms with Crippen molar-refractivity contribution in [3.05, 3.63) is 35.9 Å². The molecular formula is C13H18N2. The lowest BCUT2D eigenvalue weighted by Crippen LogP contribution is -2.36. The molecule has 0 atom stereocenters.